The number of guanidine groups is 1. The molecule has 25 heavy (non-hydrogen) atoms. The number of nitrogens with one attached hydrogen (secondary N) is 2. The second-order valence-corrected chi connectivity index (χ2v) is 6.49. The second kappa shape index (κ2) is 9.69. The van der Waals surface area contributed by atoms with Crippen LogP contribution in [0.2, 0.25) is 0 Å². The minimum Gasteiger partial charge on any atom is -0.387 e. The van der Waals surface area contributed by atoms with Crippen LogP contribution in [-0.2, 0) is 11.2 Å². The van der Waals surface area contributed by atoms with Gasteiger partial charge in [-0.1, -0.05) is 5.16 Å². The van der Waals surface area contributed by atoms with Crippen LogP contribution in [0, 0.1) is 6.92 Å². The minimum atomic E-state index is -0.886. The summed E-state index contributed by atoms with van der Waals surface area (Å²) >= 11 is 0. The second-order valence-electron chi connectivity index (χ2n) is 6.49. The average molecular weight is 354 g/mol. The molecule has 142 valence electrons. The molecule has 0 aliphatic carbocycles. The Morgan fingerprint density at radius 3 is 2.76 bits per heavy atom. The monoisotopic (exact) mass is 354 g/mol. The zero-order chi connectivity index (χ0) is 18.1. The van der Waals surface area contributed by atoms with Crippen molar-refractivity contribution in [2.75, 3.05) is 52.5 Å². The number of nitrogens with zero attached hydrogens (tertiary/aromatic N) is 4. The van der Waals surface area contributed by atoms with Crippen molar-refractivity contribution in [2.45, 2.75) is 32.8 Å². The van der Waals surface area contributed by atoms with Gasteiger partial charge in [-0.05, 0) is 20.8 Å². The molecule has 1 fully saturated rings. The van der Waals surface area contributed by atoms with Crippen LogP contribution in [0.5, 0.6) is 0 Å². The van der Waals surface area contributed by atoms with Crippen molar-refractivity contribution >= 4 is 5.96 Å². The first-order valence-corrected chi connectivity index (χ1v) is 8.82. The lowest BCUT2D eigenvalue weighted by Gasteiger charge is -2.33. The van der Waals surface area contributed by atoms with Crippen LogP contribution in [0.25, 0.3) is 0 Å². The fraction of sp³-hybridized carbons (Fsp3) is 0.812. The van der Waals surface area contributed by atoms with E-state index in [9.17, 15) is 5.11 Å². The van der Waals surface area contributed by atoms with Gasteiger partial charge in [0.2, 0.25) is 5.89 Å². The molecule has 0 radical (unpaired) electrons. The Hall–Kier alpha value is -1.71. The Morgan fingerprint density at radius 2 is 2.12 bits per heavy atom. The Bertz CT molecular complexity index is 540. The SMILES string of the molecule is CCNC(=NCC(C)(O)CN1CCOCC1)NCCc1nc(C)no1. The normalized spacial score (nSPS) is 18.8. The zero-order valence-corrected chi connectivity index (χ0v) is 15.4. The number of aliphatic imine (C=N–C) groups is 1. The summed E-state index contributed by atoms with van der Waals surface area (Å²) in [6.07, 6.45) is 0.620. The summed E-state index contributed by atoms with van der Waals surface area (Å²) in [5.74, 6) is 1.90. The number of aromatic nitrogens is 2. The lowest BCUT2D eigenvalue weighted by molar-refractivity contribution is -0.0179. The van der Waals surface area contributed by atoms with Gasteiger partial charge in [0.15, 0.2) is 11.8 Å². The van der Waals surface area contributed by atoms with Crippen molar-refractivity contribution in [2.24, 2.45) is 4.99 Å². The summed E-state index contributed by atoms with van der Waals surface area (Å²) in [6.45, 7) is 11.0. The van der Waals surface area contributed by atoms with E-state index in [4.69, 9.17) is 9.26 Å². The molecule has 9 nitrogen and oxygen atoms in total. The highest BCUT2D eigenvalue weighted by atomic mass is 16.5. The number of rotatable bonds is 8. The molecule has 1 aromatic heterocycles. The van der Waals surface area contributed by atoms with E-state index in [1.165, 1.54) is 0 Å². The van der Waals surface area contributed by atoms with Crippen LogP contribution < -0.4 is 10.6 Å². The molecule has 2 rings (SSSR count). The number of hydrogen-bond acceptors (Lipinski definition) is 7. The molecule has 3 N–H and O–H groups in total. The molecule has 1 saturated heterocycles. The quantitative estimate of drug-likeness (QED) is 0.426. The topological polar surface area (TPSA) is 108 Å². The molecule has 0 aromatic carbocycles. The third-order valence-electron chi connectivity index (χ3n) is 3.79. The Labute approximate surface area is 148 Å². The standard InChI is InChI=1S/C16H30N6O3/c1-4-17-15(18-6-5-14-20-13(2)21-25-14)19-11-16(3,23)12-22-7-9-24-10-8-22/h23H,4-12H2,1-3H3,(H2,17,18,19). The van der Waals surface area contributed by atoms with Gasteiger partial charge in [0.05, 0.1) is 25.4 Å². The van der Waals surface area contributed by atoms with Crippen LogP contribution in [-0.4, -0.2) is 84.2 Å². The number of morpholine rings is 1. The van der Waals surface area contributed by atoms with E-state index >= 15 is 0 Å². The average Bonchev–Trinajstić information content (AvgIpc) is 2.98. The molecule has 1 aliphatic heterocycles. The Morgan fingerprint density at radius 1 is 1.36 bits per heavy atom. The van der Waals surface area contributed by atoms with E-state index in [1.807, 2.05) is 13.8 Å². The van der Waals surface area contributed by atoms with Crippen molar-refractivity contribution in [3.8, 4) is 0 Å². The zero-order valence-electron chi connectivity index (χ0n) is 15.4. The molecule has 1 aromatic rings. The largest absolute Gasteiger partial charge is 0.387 e. The van der Waals surface area contributed by atoms with Crippen molar-refractivity contribution in [1.82, 2.24) is 25.7 Å². The Kier molecular flexibility index (Phi) is 7.60. The number of aryl methyl sites for hydroxylation is 1. The van der Waals surface area contributed by atoms with Gasteiger partial charge in [0.1, 0.15) is 0 Å². The highest BCUT2D eigenvalue weighted by Gasteiger charge is 2.25. The van der Waals surface area contributed by atoms with Crippen LogP contribution in [0.15, 0.2) is 9.52 Å². The molecule has 0 bridgehead atoms. The van der Waals surface area contributed by atoms with Gasteiger partial charge in [-0.25, -0.2) is 0 Å². The van der Waals surface area contributed by atoms with Gasteiger partial charge in [-0.15, -0.1) is 0 Å². The van der Waals surface area contributed by atoms with Crippen molar-refractivity contribution in [3.05, 3.63) is 11.7 Å². The number of ether oxygens (including phenoxy) is 1. The third-order valence-corrected chi connectivity index (χ3v) is 3.79. The molecular formula is C16H30N6O3. The van der Waals surface area contributed by atoms with Gasteiger partial charge >= 0.3 is 0 Å². The maximum Gasteiger partial charge on any atom is 0.228 e. The van der Waals surface area contributed by atoms with E-state index in [0.29, 0.717) is 43.7 Å². The predicted octanol–water partition coefficient (Wildman–Crippen LogP) is -0.441. The van der Waals surface area contributed by atoms with Gasteiger partial charge < -0.3 is 25.0 Å². The van der Waals surface area contributed by atoms with Gasteiger partial charge in [0, 0.05) is 39.1 Å². The van der Waals surface area contributed by atoms with E-state index in [1.54, 1.807) is 6.92 Å². The lowest BCUT2D eigenvalue weighted by Crippen LogP contribution is -2.48. The first kappa shape index (κ1) is 19.6. The number of hydrogen-bond donors (Lipinski definition) is 3. The molecule has 1 atom stereocenters. The highest BCUT2D eigenvalue weighted by molar-refractivity contribution is 5.79. The predicted molar refractivity (Wildman–Crippen MR) is 94.6 cm³/mol. The first-order valence-electron chi connectivity index (χ1n) is 8.82. The molecule has 0 spiro atoms. The van der Waals surface area contributed by atoms with E-state index in [2.05, 4.69) is 30.7 Å². The van der Waals surface area contributed by atoms with Gasteiger partial charge in [-0.3, -0.25) is 9.89 Å². The fourth-order valence-corrected chi connectivity index (χ4v) is 2.61. The van der Waals surface area contributed by atoms with E-state index in [0.717, 1.165) is 32.8 Å². The lowest BCUT2D eigenvalue weighted by atomic mass is 10.1. The molecule has 1 aliphatic rings. The van der Waals surface area contributed by atoms with Crippen molar-refractivity contribution in [1.29, 1.82) is 0 Å². The third kappa shape index (κ3) is 7.37. The van der Waals surface area contributed by atoms with Crippen LogP contribution in [0.1, 0.15) is 25.6 Å². The smallest absolute Gasteiger partial charge is 0.228 e. The molecular weight excluding hydrogens is 324 g/mol. The molecule has 0 saturated carbocycles. The summed E-state index contributed by atoms with van der Waals surface area (Å²) in [6, 6.07) is 0. The van der Waals surface area contributed by atoms with Crippen molar-refractivity contribution in [3.63, 3.8) is 0 Å². The van der Waals surface area contributed by atoms with E-state index < -0.39 is 5.60 Å². The van der Waals surface area contributed by atoms with Crippen LogP contribution in [0.3, 0.4) is 0 Å². The summed E-state index contributed by atoms with van der Waals surface area (Å²) in [7, 11) is 0. The maximum atomic E-state index is 10.6. The summed E-state index contributed by atoms with van der Waals surface area (Å²) in [5, 5.41) is 20.8. The molecule has 9 heteroatoms. The summed E-state index contributed by atoms with van der Waals surface area (Å²) in [4.78, 5) is 10.9. The number of aliphatic hydroxyl groups is 1. The first-order chi connectivity index (χ1) is 12.0. The minimum absolute atomic E-state index is 0.319. The molecule has 2 heterocycles. The fourth-order valence-electron chi connectivity index (χ4n) is 2.61. The van der Waals surface area contributed by atoms with Gasteiger partial charge in [0.25, 0.3) is 0 Å². The van der Waals surface area contributed by atoms with Crippen molar-refractivity contribution < 1.29 is 14.4 Å². The van der Waals surface area contributed by atoms with Gasteiger partial charge in [-0.2, -0.15) is 4.98 Å². The van der Waals surface area contributed by atoms with E-state index in [-0.39, 0.29) is 0 Å². The van der Waals surface area contributed by atoms with Crippen LogP contribution >= 0.6 is 0 Å². The molecule has 1 unspecified atom stereocenters. The van der Waals surface area contributed by atoms with Crippen LogP contribution in [0.4, 0.5) is 0 Å². The summed E-state index contributed by atoms with van der Waals surface area (Å²) in [5.41, 5.74) is -0.886. The molecule has 0 amide bonds. The highest BCUT2D eigenvalue weighted by Crippen LogP contribution is 2.09. The Balaban J connectivity index is 1.80. The summed E-state index contributed by atoms with van der Waals surface area (Å²) < 4.78 is 10.4. The number of β-amino-alcohol motifs (C(OH)–C–C–N with tert-alkyl or cyclic N) is 1. The maximum absolute atomic E-state index is 10.6.